The quantitative estimate of drug-likeness (QED) is 0.758. The van der Waals surface area contributed by atoms with Gasteiger partial charge in [0.15, 0.2) is 0 Å². The lowest BCUT2D eigenvalue weighted by molar-refractivity contribution is 0.149. The standard InChI is InChI=1S/C17H25N/c1-3-7-15(8-4-1)13-17(14-16-9-10-16)18-11-5-2-6-12-18/h1,3-4,7-8,16-17H,2,5-6,9-14H2. The molecule has 2 fully saturated rings. The third kappa shape index (κ3) is 3.35. The molecule has 1 aliphatic carbocycles. The van der Waals surface area contributed by atoms with E-state index in [4.69, 9.17) is 0 Å². The fourth-order valence-electron chi connectivity index (χ4n) is 3.27. The van der Waals surface area contributed by atoms with E-state index in [1.807, 2.05) is 0 Å². The Morgan fingerprint density at radius 3 is 2.39 bits per heavy atom. The molecule has 1 unspecified atom stereocenters. The highest BCUT2D eigenvalue weighted by molar-refractivity contribution is 5.16. The molecule has 1 aliphatic heterocycles. The topological polar surface area (TPSA) is 3.24 Å². The van der Waals surface area contributed by atoms with Gasteiger partial charge in [0.25, 0.3) is 0 Å². The van der Waals surface area contributed by atoms with E-state index in [2.05, 4.69) is 35.2 Å². The molecule has 1 atom stereocenters. The van der Waals surface area contributed by atoms with Gasteiger partial charge in [0, 0.05) is 6.04 Å². The van der Waals surface area contributed by atoms with Gasteiger partial charge in [0.1, 0.15) is 0 Å². The molecule has 1 aromatic carbocycles. The summed E-state index contributed by atoms with van der Waals surface area (Å²) in [6, 6.07) is 11.9. The predicted molar refractivity (Wildman–Crippen MR) is 76.7 cm³/mol. The molecule has 0 amide bonds. The van der Waals surface area contributed by atoms with Gasteiger partial charge in [-0.25, -0.2) is 0 Å². The van der Waals surface area contributed by atoms with Crippen LogP contribution in [0, 0.1) is 5.92 Å². The Balaban J connectivity index is 1.64. The van der Waals surface area contributed by atoms with E-state index in [0.717, 1.165) is 12.0 Å². The fraction of sp³-hybridized carbons (Fsp3) is 0.647. The molecule has 0 radical (unpaired) electrons. The number of benzene rings is 1. The summed E-state index contributed by atoms with van der Waals surface area (Å²) in [5, 5.41) is 0. The zero-order valence-corrected chi connectivity index (χ0v) is 11.4. The summed E-state index contributed by atoms with van der Waals surface area (Å²) in [5.41, 5.74) is 1.52. The summed E-state index contributed by atoms with van der Waals surface area (Å²) >= 11 is 0. The molecule has 3 rings (SSSR count). The average molecular weight is 243 g/mol. The minimum Gasteiger partial charge on any atom is -0.300 e. The maximum atomic E-state index is 2.77. The SMILES string of the molecule is c1ccc(CC(CC2CC2)N2CCCCC2)cc1. The summed E-state index contributed by atoms with van der Waals surface area (Å²) in [5.74, 6) is 1.04. The lowest BCUT2D eigenvalue weighted by Gasteiger charge is -2.35. The van der Waals surface area contributed by atoms with Gasteiger partial charge in [-0.3, -0.25) is 0 Å². The van der Waals surface area contributed by atoms with Crippen molar-refractivity contribution in [3.63, 3.8) is 0 Å². The highest BCUT2D eigenvalue weighted by Gasteiger charge is 2.29. The van der Waals surface area contributed by atoms with Gasteiger partial charge in [0.2, 0.25) is 0 Å². The van der Waals surface area contributed by atoms with Gasteiger partial charge in [-0.15, -0.1) is 0 Å². The first kappa shape index (κ1) is 12.2. The Morgan fingerprint density at radius 2 is 1.72 bits per heavy atom. The minimum atomic E-state index is 0.806. The molecule has 2 aliphatic rings. The van der Waals surface area contributed by atoms with Crippen LogP contribution in [0.1, 0.15) is 44.1 Å². The van der Waals surface area contributed by atoms with Gasteiger partial charge in [0.05, 0.1) is 0 Å². The molecule has 1 aromatic rings. The minimum absolute atomic E-state index is 0.806. The molecule has 98 valence electrons. The summed E-state index contributed by atoms with van der Waals surface area (Å²) in [6.45, 7) is 2.68. The maximum Gasteiger partial charge on any atom is 0.0138 e. The van der Waals surface area contributed by atoms with Gasteiger partial charge < -0.3 is 4.90 Å². The number of likely N-dealkylation sites (tertiary alicyclic amines) is 1. The second kappa shape index (κ2) is 5.88. The van der Waals surface area contributed by atoms with Crippen molar-refractivity contribution in [2.45, 2.75) is 51.0 Å². The highest BCUT2D eigenvalue weighted by Crippen LogP contribution is 2.36. The molecular formula is C17H25N. The van der Waals surface area contributed by atoms with Crippen LogP contribution in [-0.4, -0.2) is 24.0 Å². The van der Waals surface area contributed by atoms with Crippen molar-refractivity contribution in [2.24, 2.45) is 5.92 Å². The normalized spacial score (nSPS) is 22.9. The Labute approximate surface area is 111 Å². The number of hydrogen-bond acceptors (Lipinski definition) is 1. The second-order valence-electron chi connectivity index (χ2n) is 6.12. The molecule has 1 heterocycles. The summed E-state index contributed by atoms with van der Waals surface area (Å²) in [6.07, 6.45) is 9.94. The Morgan fingerprint density at radius 1 is 1.00 bits per heavy atom. The van der Waals surface area contributed by atoms with Crippen LogP contribution in [0.2, 0.25) is 0 Å². The van der Waals surface area contributed by atoms with Crippen LogP contribution >= 0.6 is 0 Å². The van der Waals surface area contributed by atoms with Crippen molar-refractivity contribution in [3.05, 3.63) is 35.9 Å². The summed E-state index contributed by atoms with van der Waals surface area (Å²) < 4.78 is 0. The van der Waals surface area contributed by atoms with Crippen LogP contribution in [0.15, 0.2) is 30.3 Å². The van der Waals surface area contributed by atoms with Crippen LogP contribution in [0.25, 0.3) is 0 Å². The third-order valence-corrected chi connectivity index (χ3v) is 4.52. The van der Waals surface area contributed by atoms with Gasteiger partial charge in [-0.1, -0.05) is 49.6 Å². The number of rotatable bonds is 5. The second-order valence-corrected chi connectivity index (χ2v) is 6.12. The van der Waals surface area contributed by atoms with E-state index in [1.54, 1.807) is 0 Å². The van der Waals surface area contributed by atoms with E-state index in [-0.39, 0.29) is 0 Å². The van der Waals surface area contributed by atoms with Crippen molar-refractivity contribution in [3.8, 4) is 0 Å². The van der Waals surface area contributed by atoms with Crippen LogP contribution in [0.3, 0.4) is 0 Å². The van der Waals surface area contributed by atoms with E-state index < -0.39 is 0 Å². The molecule has 18 heavy (non-hydrogen) atoms. The van der Waals surface area contributed by atoms with Crippen molar-refractivity contribution < 1.29 is 0 Å². The molecule has 0 spiro atoms. The first-order valence-electron chi connectivity index (χ1n) is 7.70. The summed E-state index contributed by atoms with van der Waals surface area (Å²) in [7, 11) is 0. The van der Waals surface area contributed by atoms with Crippen molar-refractivity contribution in [1.29, 1.82) is 0 Å². The molecular weight excluding hydrogens is 218 g/mol. The van der Waals surface area contributed by atoms with Gasteiger partial charge in [-0.2, -0.15) is 0 Å². The number of hydrogen-bond donors (Lipinski definition) is 0. The van der Waals surface area contributed by atoms with Gasteiger partial charge in [-0.05, 0) is 50.3 Å². The zero-order chi connectivity index (χ0) is 12.2. The lowest BCUT2D eigenvalue weighted by Crippen LogP contribution is -2.40. The summed E-state index contributed by atoms with van der Waals surface area (Å²) in [4.78, 5) is 2.77. The number of nitrogens with zero attached hydrogens (tertiary/aromatic N) is 1. The third-order valence-electron chi connectivity index (χ3n) is 4.52. The molecule has 0 aromatic heterocycles. The Hall–Kier alpha value is -0.820. The Bertz CT molecular complexity index is 349. The van der Waals surface area contributed by atoms with E-state index in [1.165, 1.54) is 63.6 Å². The van der Waals surface area contributed by atoms with Crippen LogP contribution in [-0.2, 0) is 6.42 Å². The van der Waals surface area contributed by atoms with E-state index in [0.29, 0.717) is 0 Å². The molecule has 1 saturated heterocycles. The number of piperidine rings is 1. The zero-order valence-electron chi connectivity index (χ0n) is 11.4. The molecule has 0 bridgehead atoms. The maximum absolute atomic E-state index is 2.77. The molecule has 0 N–H and O–H groups in total. The largest absolute Gasteiger partial charge is 0.300 e. The monoisotopic (exact) mass is 243 g/mol. The smallest absolute Gasteiger partial charge is 0.0138 e. The van der Waals surface area contributed by atoms with Crippen LogP contribution in [0.4, 0.5) is 0 Å². The van der Waals surface area contributed by atoms with E-state index in [9.17, 15) is 0 Å². The van der Waals surface area contributed by atoms with E-state index >= 15 is 0 Å². The molecule has 1 nitrogen and oxygen atoms in total. The van der Waals surface area contributed by atoms with Crippen LogP contribution in [0.5, 0.6) is 0 Å². The first-order chi connectivity index (χ1) is 8.92. The van der Waals surface area contributed by atoms with Crippen molar-refractivity contribution in [1.82, 2.24) is 4.90 Å². The van der Waals surface area contributed by atoms with Crippen molar-refractivity contribution in [2.75, 3.05) is 13.1 Å². The van der Waals surface area contributed by atoms with Crippen molar-refractivity contribution >= 4 is 0 Å². The van der Waals surface area contributed by atoms with Gasteiger partial charge >= 0.3 is 0 Å². The first-order valence-corrected chi connectivity index (χ1v) is 7.70. The fourth-order valence-corrected chi connectivity index (χ4v) is 3.27. The van der Waals surface area contributed by atoms with Crippen LogP contribution < -0.4 is 0 Å². The molecule has 1 heteroatoms. The lowest BCUT2D eigenvalue weighted by atomic mass is 9.97. The average Bonchev–Trinajstić information content (AvgIpc) is 3.24. The predicted octanol–water partition coefficient (Wildman–Crippen LogP) is 3.88. The highest BCUT2D eigenvalue weighted by atomic mass is 15.2. The molecule has 1 saturated carbocycles. The Kier molecular flexibility index (Phi) is 3.99.